The summed E-state index contributed by atoms with van der Waals surface area (Å²) < 4.78 is 0. The van der Waals surface area contributed by atoms with Gasteiger partial charge in [-0.15, -0.1) is 0 Å². The second kappa shape index (κ2) is 17.2. The number of carbonyl (C=O) groups is 6. The third-order valence-corrected chi connectivity index (χ3v) is 5.19. The summed E-state index contributed by atoms with van der Waals surface area (Å²) in [6.45, 7) is 3.92. The van der Waals surface area contributed by atoms with Gasteiger partial charge in [0.15, 0.2) is 0 Å². The van der Waals surface area contributed by atoms with Crippen molar-refractivity contribution in [1.82, 2.24) is 16.0 Å². The molecule has 14 nitrogen and oxygen atoms in total. The second-order valence-electron chi connectivity index (χ2n) is 8.91. The van der Waals surface area contributed by atoms with Gasteiger partial charge >= 0.3 is 17.9 Å². The maximum absolute atomic E-state index is 12.9. The molecule has 0 aliphatic rings. The second-order valence-corrected chi connectivity index (χ2v) is 8.91. The molecule has 0 bridgehead atoms. The summed E-state index contributed by atoms with van der Waals surface area (Å²) in [6, 6.07) is -5.06. The van der Waals surface area contributed by atoms with E-state index in [9.17, 15) is 33.9 Å². The fourth-order valence-electron chi connectivity index (χ4n) is 3.23. The number of unbranched alkanes of at least 4 members (excludes halogenated alkanes) is 1. The Morgan fingerprint density at radius 1 is 0.694 bits per heavy atom. The summed E-state index contributed by atoms with van der Waals surface area (Å²) >= 11 is 0. The quantitative estimate of drug-likeness (QED) is 0.0940. The van der Waals surface area contributed by atoms with Crippen LogP contribution in [0.15, 0.2) is 0 Å². The molecule has 0 aromatic heterocycles. The number of hydrogen-bond donors (Lipinski definition) is 8. The minimum absolute atomic E-state index is 0.0804. The molecule has 0 radical (unpaired) electrons. The van der Waals surface area contributed by atoms with Crippen LogP contribution in [0.1, 0.15) is 65.2 Å². The molecule has 0 aliphatic carbocycles. The van der Waals surface area contributed by atoms with Crippen LogP contribution in [-0.4, -0.2) is 81.7 Å². The Bertz CT molecular complexity index is 775. The molecule has 10 N–H and O–H groups in total. The Morgan fingerprint density at radius 2 is 1.14 bits per heavy atom. The lowest BCUT2D eigenvalue weighted by atomic mass is 10.0. The summed E-state index contributed by atoms with van der Waals surface area (Å²) in [5.74, 6) is -6.41. The average Bonchev–Trinajstić information content (AvgIpc) is 2.77. The number of aliphatic carboxylic acids is 3. The molecule has 0 saturated heterocycles. The molecule has 14 heteroatoms. The Hall–Kier alpha value is -3.26. The molecule has 0 aromatic carbocycles. The minimum Gasteiger partial charge on any atom is -0.481 e. The summed E-state index contributed by atoms with van der Waals surface area (Å²) in [6.07, 6.45) is -0.0962. The first-order valence-corrected chi connectivity index (χ1v) is 11.8. The SMILES string of the molecule is CC(C)C[C@H](NC(=O)[C@H](CCC(=O)O)NC(=O)[C@H](CCC(=O)O)NC(=O)[C@@H](N)CCCCN)C(=O)O. The van der Waals surface area contributed by atoms with Crippen molar-refractivity contribution >= 4 is 35.6 Å². The van der Waals surface area contributed by atoms with Crippen LogP contribution < -0.4 is 27.4 Å². The molecule has 0 saturated carbocycles. The minimum atomic E-state index is -1.44. The first-order valence-electron chi connectivity index (χ1n) is 11.8. The standard InChI is InChI=1S/C22H39N5O9/c1-12(2)11-16(22(35)36)27-21(34)15(7-9-18(30)31)26-20(33)14(6-8-17(28)29)25-19(32)13(24)5-3-4-10-23/h12-16H,3-11,23-24H2,1-2H3,(H,25,32)(H,26,33)(H,27,34)(H,28,29)(H,30,31)(H,35,36)/t13-,14-,15-,16-/m0/s1. The highest BCUT2D eigenvalue weighted by atomic mass is 16.4. The van der Waals surface area contributed by atoms with E-state index in [4.69, 9.17) is 21.7 Å². The van der Waals surface area contributed by atoms with Crippen LogP contribution in [0.25, 0.3) is 0 Å². The Balaban J connectivity index is 5.57. The number of carboxylic acids is 3. The van der Waals surface area contributed by atoms with Crippen LogP contribution in [0.3, 0.4) is 0 Å². The monoisotopic (exact) mass is 517 g/mol. The molecule has 0 spiro atoms. The molecule has 0 rings (SSSR count). The summed E-state index contributed by atoms with van der Waals surface area (Å²) in [5, 5.41) is 34.4. The molecule has 0 unspecified atom stereocenters. The maximum atomic E-state index is 12.9. The van der Waals surface area contributed by atoms with Crippen molar-refractivity contribution in [3.8, 4) is 0 Å². The van der Waals surface area contributed by atoms with Gasteiger partial charge in [0.1, 0.15) is 18.1 Å². The summed E-state index contributed by atoms with van der Waals surface area (Å²) in [5.41, 5.74) is 11.2. The molecular formula is C22H39N5O9. The first kappa shape index (κ1) is 32.7. The number of hydrogen-bond acceptors (Lipinski definition) is 8. The van der Waals surface area contributed by atoms with Gasteiger partial charge in [0.05, 0.1) is 6.04 Å². The van der Waals surface area contributed by atoms with Gasteiger partial charge in [-0.05, 0) is 44.6 Å². The van der Waals surface area contributed by atoms with Gasteiger partial charge < -0.3 is 42.7 Å². The maximum Gasteiger partial charge on any atom is 0.326 e. The molecule has 3 amide bonds. The molecule has 206 valence electrons. The van der Waals surface area contributed by atoms with Crippen molar-refractivity contribution in [3.63, 3.8) is 0 Å². The third-order valence-electron chi connectivity index (χ3n) is 5.19. The lowest BCUT2D eigenvalue weighted by Gasteiger charge is -2.25. The van der Waals surface area contributed by atoms with E-state index in [0.717, 1.165) is 0 Å². The topological polar surface area (TPSA) is 251 Å². The number of rotatable bonds is 19. The van der Waals surface area contributed by atoms with E-state index in [-0.39, 0.29) is 31.6 Å². The van der Waals surface area contributed by atoms with E-state index in [1.54, 1.807) is 13.8 Å². The lowest BCUT2D eigenvalue weighted by Crippen LogP contribution is -2.57. The number of carboxylic acid groups (broad SMARTS) is 3. The third kappa shape index (κ3) is 14.2. The highest BCUT2D eigenvalue weighted by molar-refractivity contribution is 5.94. The highest BCUT2D eigenvalue weighted by Gasteiger charge is 2.31. The fourth-order valence-corrected chi connectivity index (χ4v) is 3.23. The number of amides is 3. The van der Waals surface area contributed by atoms with Crippen LogP contribution >= 0.6 is 0 Å². The zero-order valence-electron chi connectivity index (χ0n) is 20.7. The van der Waals surface area contributed by atoms with Crippen LogP contribution in [0.4, 0.5) is 0 Å². The van der Waals surface area contributed by atoms with E-state index in [2.05, 4.69) is 16.0 Å². The van der Waals surface area contributed by atoms with E-state index in [1.165, 1.54) is 0 Å². The normalized spacial score (nSPS) is 14.2. The zero-order valence-corrected chi connectivity index (χ0v) is 20.7. The van der Waals surface area contributed by atoms with E-state index in [0.29, 0.717) is 19.4 Å². The van der Waals surface area contributed by atoms with E-state index in [1.807, 2.05) is 0 Å². The van der Waals surface area contributed by atoms with Crippen LogP contribution in [-0.2, 0) is 28.8 Å². The van der Waals surface area contributed by atoms with Gasteiger partial charge in [0, 0.05) is 12.8 Å². The van der Waals surface area contributed by atoms with Crippen LogP contribution in [0, 0.1) is 5.92 Å². The molecule has 0 aromatic rings. The molecule has 36 heavy (non-hydrogen) atoms. The van der Waals surface area contributed by atoms with Gasteiger partial charge in [-0.1, -0.05) is 20.3 Å². The Labute approximate surface area is 209 Å². The number of nitrogens with one attached hydrogen (secondary N) is 3. The molecule has 0 fully saturated rings. The van der Waals surface area contributed by atoms with Crippen LogP contribution in [0.5, 0.6) is 0 Å². The number of carbonyl (C=O) groups excluding carboxylic acids is 3. The van der Waals surface area contributed by atoms with Crippen molar-refractivity contribution in [2.24, 2.45) is 17.4 Å². The highest BCUT2D eigenvalue weighted by Crippen LogP contribution is 2.08. The lowest BCUT2D eigenvalue weighted by molar-refractivity contribution is -0.143. The van der Waals surface area contributed by atoms with Gasteiger partial charge in [-0.3, -0.25) is 24.0 Å². The molecule has 4 atom stereocenters. The average molecular weight is 518 g/mol. The molecule has 0 aliphatic heterocycles. The van der Waals surface area contributed by atoms with Crippen molar-refractivity contribution < 1.29 is 44.1 Å². The smallest absolute Gasteiger partial charge is 0.326 e. The van der Waals surface area contributed by atoms with Crippen molar-refractivity contribution in [2.45, 2.75) is 89.4 Å². The van der Waals surface area contributed by atoms with Crippen molar-refractivity contribution in [2.75, 3.05) is 6.54 Å². The zero-order chi connectivity index (χ0) is 27.8. The van der Waals surface area contributed by atoms with Gasteiger partial charge in [-0.25, -0.2) is 4.79 Å². The molecule has 0 heterocycles. The van der Waals surface area contributed by atoms with E-state index >= 15 is 0 Å². The van der Waals surface area contributed by atoms with Crippen LogP contribution in [0.2, 0.25) is 0 Å². The van der Waals surface area contributed by atoms with Crippen molar-refractivity contribution in [1.29, 1.82) is 0 Å². The van der Waals surface area contributed by atoms with Gasteiger partial charge in [-0.2, -0.15) is 0 Å². The summed E-state index contributed by atoms with van der Waals surface area (Å²) in [4.78, 5) is 71.7. The largest absolute Gasteiger partial charge is 0.481 e. The number of nitrogens with two attached hydrogens (primary N) is 2. The first-order chi connectivity index (χ1) is 16.8. The van der Waals surface area contributed by atoms with E-state index < -0.39 is 72.6 Å². The summed E-state index contributed by atoms with van der Waals surface area (Å²) in [7, 11) is 0. The predicted molar refractivity (Wildman–Crippen MR) is 128 cm³/mol. The van der Waals surface area contributed by atoms with Crippen molar-refractivity contribution in [3.05, 3.63) is 0 Å². The Morgan fingerprint density at radius 3 is 1.53 bits per heavy atom. The molecular weight excluding hydrogens is 478 g/mol. The van der Waals surface area contributed by atoms with Gasteiger partial charge in [0.25, 0.3) is 0 Å². The fraction of sp³-hybridized carbons (Fsp3) is 0.727. The predicted octanol–water partition coefficient (Wildman–Crippen LogP) is -1.24. The Kier molecular flexibility index (Phi) is 15.7. The van der Waals surface area contributed by atoms with Gasteiger partial charge in [0.2, 0.25) is 17.7 Å².